The Kier molecular flexibility index (Phi) is 11.5. The molecule has 0 spiro atoms. The third-order valence-corrected chi connectivity index (χ3v) is 7.27. The molecule has 0 unspecified atom stereocenters. The van der Waals surface area contributed by atoms with Crippen LogP contribution in [-0.2, 0) is 5.60 Å². The maximum Gasteiger partial charge on any atom is 0.119 e. The van der Waals surface area contributed by atoms with Crippen molar-refractivity contribution in [3.05, 3.63) is 59.7 Å². The van der Waals surface area contributed by atoms with Crippen molar-refractivity contribution in [2.75, 3.05) is 48.4 Å². The largest absolute Gasteiger partial charge is 0.508 e. The molecule has 0 aliphatic heterocycles. The summed E-state index contributed by atoms with van der Waals surface area (Å²) in [5.74, 6) is 2.60. The highest BCUT2D eigenvalue weighted by atomic mass is 16.5. The molecule has 35 heavy (non-hydrogen) atoms. The van der Waals surface area contributed by atoms with E-state index in [0.29, 0.717) is 23.5 Å². The van der Waals surface area contributed by atoms with E-state index in [1.807, 2.05) is 36.4 Å². The van der Waals surface area contributed by atoms with E-state index in [9.17, 15) is 10.2 Å². The van der Waals surface area contributed by atoms with Crippen LogP contribution in [0.15, 0.2) is 48.5 Å². The minimum atomic E-state index is -0.711. The molecule has 2 aromatic rings. The molecular formula is C30H48N2O3. The van der Waals surface area contributed by atoms with Crippen LogP contribution in [0.25, 0.3) is 0 Å². The fraction of sp³-hybridized carbons (Fsp3) is 0.600. The van der Waals surface area contributed by atoms with Crippen LogP contribution < -0.4 is 4.74 Å². The molecule has 4 atom stereocenters. The highest BCUT2D eigenvalue weighted by Crippen LogP contribution is 2.42. The van der Waals surface area contributed by atoms with Gasteiger partial charge in [-0.3, -0.25) is 0 Å². The number of phenolic OH excluding ortho intramolecular Hbond substituents is 1. The monoisotopic (exact) mass is 484 g/mol. The zero-order valence-corrected chi connectivity index (χ0v) is 23.0. The van der Waals surface area contributed by atoms with Gasteiger partial charge in [-0.05, 0) is 94.7 Å². The fourth-order valence-electron chi connectivity index (χ4n) is 5.61. The Bertz CT molecular complexity index is 885. The van der Waals surface area contributed by atoms with Crippen LogP contribution in [-0.4, -0.2) is 68.4 Å². The smallest absolute Gasteiger partial charge is 0.119 e. The first-order valence-corrected chi connectivity index (χ1v) is 13.1. The molecule has 0 heterocycles. The molecule has 1 aliphatic rings. The van der Waals surface area contributed by atoms with Crippen molar-refractivity contribution in [1.82, 2.24) is 9.80 Å². The lowest BCUT2D eigenvalue weighted by Crippen LogP contribution is -2.43. The van der Waals surface area contributed by atoms with Crippen LogP contribution in [0.2, 0.25) is 0 Å². The summed E-state index contributed by atoms with van der Waals surface area (Å²) < 4.78 is 5.29. The summed E-state index contributed by atoms with van der Waals surface area (Å²) in [6.07, 6.45) is 5.35. The molecule has 0 radical (unpaired) electrons. The zero-order chi connectivity index (χ0) is 26.0. The number of aromatic hydroxyl groups is 1. The van der Waals surface area contributed by atoms with Crippen molar-refractivity contribution < 1.29 is 14.9 Å². The van der Waals surface area contributed by atoms with Gasteiger partial charge in [0.1, 0.15) is 11.5 Å². The van der Waals surface area contributed by atoms with Gasteiger partial charge in [-0.25, -0.2) is 0 Å². The number of ether oxygens (including phenoxy) is 1. The van der Waals surface area contributed by atoms with Gasteiger partial charge in [0.2, 0.25) is 0 Å². The summed E-state index contributed by atoms with van der Waals surface area (Å²) in [6.45, 7) is 6.49. The van der Waals surface area contributed by atoms with Crippen molar-refractivity contribution in [3.63, 3.8) is 0 Å². The molecule has 196 valence electrons. The minimum Gasteiger partial charge on any atom is -0.508 e. The predicted molar refractivity (Wildman–Crippen MR) is 146 cm³/mol. The second-order valence-corrected chi connectivity index (χ2v) is 10.7. The molecule has 1 fully saturated rings. The number of methoxy groups -OCH3 is 1. The zero-order valence-electron chi connectivity index (χ0n) is 23.0. The van der Waals surface area contributed by atoms with Crippen molar-refractivity contribution in [1.29, 1.82) is 0 Å². The first kappa shape index (κ1) is 29.2. The molecule has 0 amide bonds. The van der Waals surface area contributed by atoms with E-state index in [-0.39, 0.29) is 0 Å². The summed E-state index contributed by atoms with van der Waals surface area (Å²) in [6, 6.07) is 15.6. The molecule has 5 heteroatoms. The molecule has 2 N–H and O–H groups in total. The molecule has 0 bridgehead atoms. The summed E-state index contributed by atoms with van der Waals surface area (Å²) in [4.78, 5) is 4.39. The van der Waals surface area contributed by atoms with E-state index in [0.717, 1.165) is 50.1 Å². The molecule has 1 saturated carbocycles. The maximum absolute atomic E-state index is 11.2. The van der Waals surface area contributed by atoms with Gasteiger partial charge in [0.25, 0.3) is 0 Å². The van der Waals surface area contributed by atoms with E-state index in [4.69, 9.17) is 4.74 Å². The number of nitrogens with zero attached hydrogens (tertiary/aromatic N) is 2. The number of phenols is 1. The quantitative estimate of drug-likeness (QED) is 0.477. The van der Waals surface area contributed by atoms with Crippen molar-refractivity contribution >= 4 is 0 Å². The third kappa shape index (κ3) is 8.52. The predicted octanol–water partition coefficient (Wildman–Crippen LogP) is 5.72. The number of rotatable bonds is 9. The topological polar surface area (TPSA) is 56.2 Å². The molecule has 1 aliphatic carbocycles. The Morgan fingerprint density at radius 2 is 1.74 bits per heavy atom. The van der Waals surface area contributed by atoms with Gasteiger partial charge < -0.3 is 24.7 Å². The second-order valence-electron chi connectivity index (χ2n) is 10.7. The van der Waals surface area contributed by atoms with Gasteiger partial charge in [0.05, 0.1) is 12.7 Å². The molecule has 0 aromatic heterocycles. The Morgan fingerprint density at radius 3 is 2.34 bits per heavy atom. The van der Waals surface area contributed by atoms with Gasteiger partial charge >= 0.3 is 0 Å². The van der Waals surface area contributed by atoms with Crippen LogP contribution in [0.4, 0.5) is 0 Å². The molecule has 2 aromatic carbocycles. The third-order valence-electron chi connectivity index (χ3n) is 7.27. The summed E-state index contributed by atoms with van der Waals surface area (Å²) in [5, 5.41) is 20.7. The van der Waals surface area contributed by atoms with Gasteiger partial charge in [-0.2, -0.15) is 0 Å². The van der Waals surface area contributed by atoms with Gasteiger partial charge in [-0.15, -0.1) is 0 Å². The Morgan fingerprint density at radius 1 is 1.03 bits per heavy atom. The normalized spacial score (nSPS) is 21.8. The minimum absolute atomic E-state index is 0.295. The highest BCUT2D eigenvalue weighted by Gasteiger charge is 2.40. The highest BCUT2D eigenvalue weighted by molar-refractivity contribution is 5.33. The van der Waals surface area contributed by atoms with Crippen molar-refractivity contribution in [2.24, 2.45) is 11.8 Å². The lowest BCUT2D eigenvalue weighted by Gasteiger charge is -2.41. The Hall–Kier alpha value is -2.08. The summed E-state index contributed by atoms with van der Waals surface area (Å²) in [7, 11) is 10.0. The van der Waals surface area contributed by atoms with Crippen LogP contribution in [0.3, 0.4) is 0 Å². The molecular weight excluding hydrogens is 436 g/mol. The van der Waals surface area contributed by atoms with Gasteiger partial charge in [0.15, 0.2) is 0 Å². The fourth-order valence-corrected chi connectivity index (χ4v) is 5.61. The number of hydrogen-bond donors (Lipinski definition) is 2. The van der Waals surface area contributed by atoms with Crippen LogP contribution >= 0.6 is 0 Å². The van der Waals surface area contributed by atoms with E-state index in [1.54, 1.807) is 13.2 Å². The number of aliphatic hydroxyl groups is 1. The molecule has 5 nitrogen and oxygen atoms in total. The summed E-state index contributed by atoms with van der Waals surface area (Å²) >= 11 is 0. The van der Waals surface area contributed by atoms with E-state index >= 15 is 0 Å². The lowest BCUT2D eigenvalue weighted by atomic mass is 9.71. The van der Waals surface area contributed by atoms with Crippen LogP contribution in [0, 0.1) is 11.8 Å². The number of benzene rings is 2. The van der Waals surface area contributed by atoms with E-state index in [2.05, 4.69) is 57.9 Å². The SMILES string of the molecule is CC[C@@H](c1cccc(O)c1)[C@@H](C)CN(C)C.COc1cccc([C@@]2(O)CCCC[C@@H]2CN(C)C)c1. The van der Waals surface area contributed by atoms with Crippen LogP contribution in [0.1, 0.15) is 63.0 Å². The lowest BCUT2D eigenvalue weighted by molar-refractivity contribution is -0.0619. The van der Waals surface area contributed by atoms with Crippen LogP contribution in [0.5, 0.6) is 11.5 Å². The average molecular weight is 485 g/mol. The van der Waals surface area contributed by atoms with E-state index in [1.165, 1.54) is 12.0 Å². The van der Waals surface area contributed by atoms with Crippen molar-refractivity contribution in [3.8, 4) is 11.5 Å². The van der Waals surface area contributed by atoms with E-state index < -0.39 is 5.60 Å². The average Bonchev–Trinajstić information content (AvgIpc) is 2.81. The Balaban J connectivity index is 0.000000251. The second kappa shape index (κ2) is 13.9. The first-order valence-electron chi connectivity index (χ1n) is 13.1. The van der Waals surface area contributed by atoms with Gasteiger partial charge in [-0.1, -0.05) is 51.0 Å². The first-order chi connectivity index (χ1) is 16.6. The standard InChI is InChI=1S/C16H25NO2.C14H23NO/c1-17(2)12-14-7-4-5-10-16(14,18)13-8-6-9-15(11-13)19-3;1-5-14(11(2)10-15(3)4)12-7-6-8-13(16)9-12/h6,8-9,11,14,18H,4-5,7,10,12H2,1-3H3;6-9,11,14,16H,5,10H2,1-4H3/t14-,16+;11-,14+/m10/s1. The molecule has 0 saturated heterocycles. The van der Waals surface area contributed by atoms with Gasteiger partial charge in [0, 0.05) is 19.0 Å². The maximum atomic E-state index is 11.2. The Labute approximate surface area is 213 Å². The molecule has 3 rings (SSSR count). The number of hydrogen-bond acceptors (Lipinski definition) is 5. The summed E-state index contributed by atoms with van der Waals surface area (Å²) in [5.41, 5.74) is 1.53. The van der Waals surface area contributed by atoms with Crippen molar-refractivity contribution in [2.45, 2.75) is 57.5 Å².